The molecular weight excluding hydrogens is 427 g/mol. The van der Waals surface area contributed by atoms with E-state index in [1.165, 1.54) is 12.1 Å². The molecule has 1 amide bonds. The first-order valence-corrected chi connectivity index (χ1v) is 11.1. The lowest BCUT2D eigenvalue weighted by Crippen LogP contribution is -2.46. The first kappa shape index (κ1) is 21.4. The fraction of sp³-hybridized carbons (Fsp3) is 0.375. The van der Waals surface area contributed by atoms with Crippen molar-refractivity contribution in [1.29, 1.82) is 0 Å². The molecule has 5 rings (SSSR count). The van der Waals surface area contributed by atoms with Gasteiger partial charge in [-0.2, -0.15) is 4.98 Å². The van der Waals surface area contributed by atoms with Crippen LogP contribution in [0.25, 0.3) is 11.4 Å². The van der Waals surface area contributed by atoms with Gasteiger partial charge in [0.05, 0.1) is 19.0 Å². The highest BCUT2D eigenvalue weighted by Crippen LogP contribution is 2.31. The summed E-state index contributed by atoms with van der Waals surface area (Å²) in [4.78, 5) is 19.1. The maximum atomic E-state index is 13.5. The maximum absolute atomic E-state index is 13.5. The van der Waals surface area contributed by atoms with Gasteiger partial charge in [0, 0.05) is 12.1 Å². The second-order valence-electron chi connectivity index (χ2n) is 8.34. The fourth-order valence-corrected chi connectivity index (χ4v) is 4.20. The van der Waals surface area contributed by atoms with Crippen molar-refractivity contribution in [2.24, 2.45) is 0 Å². The van der Waals surface area contributed by atoms with Crippen molar-refractivity contribution < 1.29 is 23.2 Å². The third-order valence-electron chi connectivity index (χ3n) is 5.84. The van der Waals surface area contributed by atoms with E-state index in [1.54, 1.807) is 12.1 Å². The first-order valence-electron chi connectivity index (χ1n) is 11.1. The molecule has 0 radical (unpaired) electrons. The number of piperidine rings is 1. The van der Waals surface area contributed by atoms with Gasteiger partial charge in [0.15, 0.2) is 11.5 Å². The zero-order valence-electron chi connectivity index (χ0n) is 18.1. The zero-order chi connectivity index (χ0) is 22.6. The molecule has 1 aromatic heterocycles. The second-order valence-corrected chi connectivity index (χ2v) is 8.34. The van der Waals surface area contributed by atoms with Gasteiger partial charge in [0.1, 0.15) is 18.5 Å². The molecule has 0 spiro atoms. The average Bonchev–Trinajstić information content (AvgIpc) is 3.33. The lowest BCUT2D eigenvalue weighted by molar-refractivity contribution is -0.123. The summed E-state index contributed by atoms with van der Waals surface area (Å²) >= 11 is 0. The smallest absolute Gasteiger partial charge is 0.234 e. The quantitative estimate of drug-likeness (QED) is 0.615. The normalized spacial score (nSPS) is 20.4. The number of carbonyl (C=O) groups is 1. The van der Waals surface area contributed by atoms with E-state index in [-0.39, 0.29) is 30.3 Å². The molecule has 0 bridgehead atoms. The number of halogens is 1. The summed E-state index contributed by atoms with van der Waals surface area (Å²) in [6, 6.07) is 13.6. The summed E-state index contributed by atoms with van der Waals surface area (Å²) in [7, 11) is 0. The molecule has 1 N–H and O–H groups in total. The molecule has 1 fully saturated rings. The van der Waals surface area contributed by atoms with Crippen LogP contribution >= 0.6 is 0 Å². The number of benzene rings is 2. The van der Waals surface area contributed by atoms with Gasteiger partial charge in [-0.05, 0) is 43.7 Å². The van der Waals surface area contributed by atoms with Crippen LogP contribution < -0.4 is 14.8 Å². The minimum Gasteiger partial charge on any atom is -0.486 e. The highest BCUT2D eigenvalue weighted by atomic mass is 19.1. The van der Waals surface area contributed by atoms with Crippen LogP contribution in [0.1, 0.15) is 24.7 Å². The topological polar surface area (TPSA) is 89.7 Å². The van der Waals surface area contributed by atoms with Crippen molar-refractivity contribution in [3.05, 3.63) is 60.2 Å². The number of amides is 1. The predicted octanol–water partition coefficient (Wildman–Crippen LogP) is 3.01. The number of para-hydroxylation sites is 2. The Labute approximate surface area is 190 Å². The number of aromatic nitrogens is 2. The lowest BCUT2D eigenvalue weighted by Gasteiger charge is -2.31. The number of carbonyl (C=O) groups excluding carboxylic acids is 1. The van der Waals surface area contributed by atoms with Gasteiger partial charge in [0.2, 0.25) is 17.6 Å². The maximum Gasteiger partial charge on any atom is 0.234 e. The Morgan fingerprint density at radius 3 is 2.94 bits per heavy atom. The number of rotatable bonds is 6. The molecule has 3 heterocycles. The summed E-state index contributed by atoms with van der Waals surface area (Å²) < 4.78 is 30.5. The number of hydrogen-bond acceptors (Lipinski definition) is 7. The van der Waals surface area contributed by atoms with Crippen molar-refractivity contribution >= 4 is 5.91 Å². The Kier molecular flexibility index (Phi) is 6.21. The van der Waals surface area contributed by atoms with Gasteiger partial charge in [-0.25, -0.2) is 4.39 Å². The molecule has 3 aromatic rings. The van der Waals surface area contributed by atoms with E-state index in [0.29, 0.717) is 42.7 Å². The number of nitrogens with one attached hydrogen (secondary N) is 1. The minimum atomic E-state index is -0.344. The first-order chi connectivity index (χ1) is 16.1. The zero-order valence-corrected chi connectivity index (χ0v) is 18.1. The Morgan fingerprint density at radius 1 is 1.18 bits per heavy atom. The molecule has 2 unspecified atom stereocenters. The third kappa shape index (κ3) is 5.14. The van der Waals surface area contributed by atoms with E-state index in [4.69, 9.17) is 14.0 Å². The monoisotopic (exact) mass is 452 g/mol. The minimum absolute atomic E-state index is 0.0351. The lowest BCUT2D eigenvalue weighted by atomic mass is 9.98. The van der Waals surface area contributed by atoms with Crippen LogP contribution in [0.15, 0.2) is 53.1 Å². The largest absolute Gasteiger partial charge is 0.486 e. The van der Waals surface area contributed by atoms with Crippen molar-refractivity contribution in [3.8, 4) is 22.9 Å². The van der Waals surface area contributed by atoms with E-state index >= 15 is 0 Å². The summed E-state index contributed by atoms with van der Waals surface area (Å²) in [5, 5.41) is 6.95. The average molecular weight is 452 g/mol. The number of nitrogens with zero attached hydrogens (tertiary/aromatic N) is 3. The van der Waals surface area contributed by atoms with Gasteiger partial charge in [-0.15, -0.1) is 0 Å². The molecule has 8 nitrogen and oxygen atoms in total. The highest BCUT2D eigenvalue weighted by molar-refractivity contribution is 5.78. The summed E-state index contributed by atoms with van der Waals surface area (Å²) in [5.41, 5.74) is 0.577. The number of ether oxygens (including phenoxy) is 2. The van der Waals surface area contributed by atoms with Crippen LogP contribution in [0.3, 0.4) is 0 Å². The molecule has 2 aromatic carbocycles. The van der Waals surface area contributed by atoms with Crippen LogP contribution in [0.4, 0.5) is 4.39 Å². The molecule has 2 atom stereocenters. The van der Waals surface area contributed by atoms with Crippen molar-refractivity contribution in [1.82, 2.24) is 20.4 Å². The Hall–Kier alpha value is -3.46. The van der Waals surface area contributed by atoms with Gasteiger partial charge >= 0.3 is 0 Å². The molecule has 2 aliphatic rings. The summed E-state index contributed by atoms with van der Waals surface area (Å²) in [5.74, 6) is 1.93. The fourth-order valence-electron chi connectivity index (χ4n) is 4.20. The van der Waals surface area contributed by atoms with Gasteiger partial charge < -0.3 is 19.3 Å². The van der Waals surface area contributed by atoms with Crippen LogP contribution in [-0.4, -0.2) is 59.8 Å². The molecule has 2 aliphatic heterocycles. The van der Waals surface area contributed by atoms with Crippen LogP contribution in [0, 0.1) is 5.82 Å². The molecule has 1 saturated heterocycles. The van der Waals surface area contributed by atoms with Crippen LogP contribution in [0.5, 0.6) is 11.5 Å². The molecule has 172 valence electrons. The standard InChI is InChI=1S/C24H25FN4O4/c25-18-7-3-5-16(11-18)23-27-24(33-28-23)17-6-4-10-29(13-17)14-22(30)26-12-19-15-31-20-8-1-2-9-21(20)32-19/h1-3,5,7-9,11,17,19H,4,6,10,12-15H2,(H,26,30). The van der Waals surface area contributed by atoms with Crippen molar-refractivity contribution in [3.63, 3.8) is 0 Å². The van der Waals surface area contributed by atoms with E-state index in [0.717, 1.165) is 25.1 Å². The van der Waals surface area contributed by atoms with Gasteiger partial charge in [-0.3, -0.25) is 9.69 Å². The van der Waals surface area contributed by atoms with Crippen LogP contribution in [-0.2, 0) is 4.79 Å². The molecule has 33 heavy (non-hydrogen) atoms. The second kappa shape index (κ2) is 9.58. The van der Waals surface area contributed by atoms with E-state index < -0.39 is 0 Å². The Morgan fingerprint density at radius 2 is 2.06 bits per heavy atom. The van der Waals surface area contributed by atoms with Crippen molar-refractivity contribution in [2.75, 3.05) is 32.8 Å². The highest BCUT2D eigenvalue weighted by Gasteiger charge is 2.28. The molecule has 0 saturated carbocycles. The molecule has 0 aliphatic carbocycles. The predicted molar refractivity (Wildman–Crippen MR) is 117 cm³/mol. The Bertz CT molecular complexity index is 1120. The van der Waals surface area contributed by atoms with Gasteiger partial charge in [-0.1, -0.05) is 29.4 Å². The summed E-state index contributed by atoms with van der Waals surface area (Å²) in [6.07, 6.45) is 1.60. The number of likely N-dealkylation sites (tertiary alicyclic amines) is 1. The van der Waals surface area contributed by atoms with Crippen molar-refractivity contribution in [2.45, 2.75) is 24.9 Å². The number of fused-ring (bicyclic) bond motifs is 1. The summed E-state index contributed by atoms with van der Waals surface area (Å²) in [6.45, 7) is 2.53. The SMILES string of the molecule is O=C(CN1CCCC(c2nc(-c3cccc(F)c3)no2)C1)NCC1COc2ccccc2O1. The number of hydrogen-bond donors (Lipinski definition) is 1. The van der Waals surface area contributed by atoms with E-state index in [2.05, 4.69) is 20.4 Å². The van der Waals surface area contributed by atoms with E-state index in [9.17, 15) is 9.18 Å². The third-order valence-corrected chi connectivity index (χ3v) is 5.84. The van der Waals surface area contributed by atoms with Gasteiger partial charge in [0.25, 0.3) is 0 Å². The molecule has 9 heteroatoms. The van der Waals surface area contributed by atoms with Crippen LogP contribution in [0.2, 0.25) is 0 Å². The van der Waals surface area contributed by atoms with E-state index in [1.807, 2.05) is 24.3 Å². The molecular formula is C24H25FN4O4. The Balaban J connectivity index is 1.12.